The Morgan fingerprint density at radius 2 is 2.25 bits per heavy atom. The number of aliphatic hydroxyl groups excluding tert-OH is 1. The molecule has 4 heteroatoms. The number of rotatable bonds is 3. The van der Waals surface area contributed by atoms with E-state index in [1.165, 1.54) is 0 Å². The van der Waals surface area contributed by atoms with Gasteiger partial charge < -0.3 is 10.8 Å². The van der Waals surface area contributed by atoms with Gasteiger partial charge in [0.1, 0.15) is 6.10 Å². The van der Waals surface area contributed by atoms with Crippen LogP contribution in [0.25, 0.3) is 0 Å². The normalized spacial score (nSPS) is 12.6. The minimum absolute atomic E-state index is 0.652. The zero-order valence-electron chi connectivity index (χ0n) is 9.17. The van der Waals surface area contributed by atoms with Gasteiger partial charge in [0.2, 0.25) is 0 Å². The van der Waals surface area contributed by atoms with E-state index < -0.39 is 6.10 Å². The van der Waals surface area contributed by atoms with Crippen LogP contribution in [0.1, 0.15) is 24.3 Å². The first kappa shape index (κ1) is 10.7. The molecular weight excluding hydrogens is 202 g/mol. The maximum Gasteiger partial charge on any atom is 0.121 e. The lowest BCUT2D eigenvalue weighted by Crippen LogP contribution is -2.09. The van der Waals surface area contributed by atoms with Crippen LogP contribution in [0, 0.1) is 0 Å². The van der Waals surface area contributed by atoms with Crippen molar-refractivity contribution in [1.82, 2.24) is 9.78 Å². The van der Waals surface area contributed by atoms with Gasteiger partial charge in [-0.1, -0.05) is 12.1 Å². The second-order valence-electron chi connectivity index (χ2n) is 3.64. The quantitative estimate of drug-likeness (QED) is 0.767. The van der Waals surface area contributed by atoms with Gasteiger partial charge >= 0.3 is 0 Å². The Kier molecular flexibility index (Phi) is 2.92. The van der Waals surface area contributed by atoms with Gasteiger partial charge in [-0.2, -0.15) is 5.10 Å². The van der Waals surface area contributed by atoms with Crippen molar-refractivity contribution in [1.29, 1.82) is 0 Å². The van der Waals surface area contributed by atoms with Gasteiger partial charge in [0.05, 0.1) is 5.69 Å². The highest BCUT2D eigenvalue weighted by atomic mass is 16.3. The molecule has 2 aromatic rings. The molecule has 0 radical (unpaired) electrons. The molecule has 84 valence electrons. The predicted octanol–water partition coefficient (Wildman–Crippen LogP) is 1.57. The van der Waals surface area contributed by atoms with E-state index in [0.717, 1.165) is 17.8 Å². The zero-order chi connectivity index (χ0) is 11.5. The lowest BCUT2D eigenvalue weighted by atomic mass is 10.1. The third-order valence-electron chi connectivity index (χ3n) is 2.56. The van der Waals surface area contributed by atoms with Crippen LogP contribution in [0.5, 0.6) is 0 Å². The maximum absolute atomic E-state index is 10.2. The highest BCUT2D eigenvalue weighted by Gasteiger charge is 2.14. The third-order valence-corrected chi connectivity index (χ3v) is 2.56. The average molecular weight is 217 g/mol. The Balaban J connectivity index is 2.35. The minimum Gasteiger partial charge on any atom is -0.399 e. The maximum atomic E-state index is 10.2. The number of nitrogen functional groups attached to an aromatic ring is 1. The molecule has 0 spiro atoms. The summed E-state index contributed by atoms with van der Waals surface area (Å²) in [6.45, 7) is 2.73. The van der Waals surface area contributed by atoms with Crippen LogP contribution < -0.4 is 5.73 Å². The number of hydrogen-bond donors (Lipinski definition) is 2. The summed E-state index contributed by atoms with van der Waals surface area (Å²) in [7, 11) is 0. The molecule has 1 aromatic carbocycles. The Bertz CT molecular complexity index is 479. The monoisotopic (exact) mass is 217 g/mol. The molecule has 2 rings (SSSR count). The van der Waals surface area contributed by atoms with Crippen LogP contribution in [0.3, 0.4) is 0 Å². The number of anilines is 1. The number of nitrogens with zero attached hydrogens (tertiary/aromatic N) is 2. The van der Waals surface area contributed by atoms with E-state index in [4.69, 9.17) is 5.73 Å². The molecular formula is C12H15N3O. The van der Waals surface area contributed by atoms with E-state index in [2.05, 4.69) is 5.10 Å². The minimum atomic E-state index is -0.675. The van der Waals surface area contributed by atoms with Gasteiger partial charge in [-0.25, -0.2) is 0 Å². The molecule has 3 N–H and O–H groups in total. The summed E-state index contributed by atoms with van der Waals surface area (Å²) in [5, 5.41) is 14.3. The second-order valence-corrected chi connectivity index (χ2v) is 3.64. The lowest BCUT2D eigenvalue weighted by molar-refractivity contribution is 0.208. The molecule has 0 aliphatic rings. The second kappa shape index (κ2) is 4.37. The molecule has 0 saturated carbocycles. The molecule has 1 heterocycles. The van der Waals surface area contributed by atoms with E-state index in [-0.39, 0.29) is 0 Å². The fourth-order valence-corrected chi connectivity index (χ4v) is 1.74. The van der Waals surface area contributed by atoms with E-state index in [1.807, 2.05) is 25.1 Å². The first-order valence-corrected chi connectivity index (χ1v) is 5.27. The van der Waals surface area contributed by atoms with Gasteiger partial charge in [0, 0.05) is 18.4 Å². The van der Waals surface area contributed by atoms with E-state index in [9.17, 15) is 5.11 Å². The largest absolute Gasteiger partial charge is 0.399 e. The first-order valence-electron chi connectivity index (χ1n) is 5.27. The van der Waals surface area contributed by atoms with Crippen molar-refractivity contribution >= 4 is 5.69 Å². The molecule has 0 saturated heterocycles. The fourth-order valence-electron chi connectivity index (χ4n) is 1.74. The summed E-state index contributed by atoms with van der Waals surface area (Å²) in [5.74, 6) is 0. The summed E-state index contributed by atoms with van der Waals surface area (Å²) < 4.78 is 1.77. The van der Waals surface area contributed by atoms with Crippen LogP contribution >= 0.6 is 0 Å². The number of nitrogens with two attached hydrogens (primary N) is 1. The van der Waals surface area contributed by atoms with Crippen molar-refractivity contribution in [2.45, 2.75) is 19.6 Å². The van der Waals surface area contributed by atoms with Gasteiger partial charge in [-0.3, -0.25) is 4.68 Å². The Labute approximate surface area is 94.3 Å². The van der Waals surface area contributed by atoms with Gasteiger partial charge in [-0.15, -0.1) is 0 Å². The smallest absolute Gasteiger partial charge is 0.121 e. The highest BCUT2D eigenvalue weighted by molar-refractivity contribution is 5.42. The molecule has 4 nitrogen and oxygen atoms in total. The molecule has 0 amide bonds. The van der Waals surface area contributed by atoms with E-state index in [0.29, 0.717) is 5.69 Å². The molecule has 0 fully saturated rings. The van der Waals surface area contributed by atoms with Gasteiger partial charge in [-0.05, 0) is 30.7 Å². The predicted molar refractivity (Wildman–Crippen MR) is 62.8 cm³/mol. The summed E-state index contributed by atoms with van der Waals surface area (Å²) in [4.78, 5) is 0. The lowest BCUT2D eigenvalue weighted by Gasteiger charge is -2.13. The van der Waals surface area contributed by atoms with Crippen molar-refractivity contribution in [3.63, 3.8) is 0 Å². The summed E-state index contributed by atoms with van der Waals surface area (Å²) >= 11 is 0. The van der Waals surface area contributed by atoms with Crippen LogP contribution in [-0.4, -0.2) is 14.9 Å². The zero-order valence-corrected chi connectivity index (χ0v) is 9.17. The SMILES string of the molecule is CCn1nccc1C(O)c1cccc(N)c1. The van der Waals surface area contributed by atoms with Crippen LogP contribution in [-0.2, 0) is 6.54 Å². The third kappa shape index (κ3) is 1.92. The summed E-state index contributed by atoms with van der Waals surface area (Å²) in [5.41, 5.74) is 7.91. The molecule has 1 aromatic heterocycles. The van der Waals surface area contributed by atoms with Gasteiger partial charge in [0.15, 0.2) is 0 Å². The molecule has 1 unspecified atom stereocenters. The molecule has 0 aliphatic heterocycles. The van der Waals surface area contributed by atoms with E-state index >= 15 is 0 Å². The van der Waals surface area contributed by atoms with Crippen LogP contribution in [0.15, 0.2) is 36.5 Å². The summed E-state index contributed by atoms with van der Waals surface area (Å²) in [6, 6.07) is 9.08. The number of benzene rings is 1. The molecule has 16 heavy (non-hydrogen) atoms. The fraction of sp³-hybridized carbons (Fsp3) is 0.250. The molecule has 0 bridgehead atoms. The van der Waals surface area contributed by atoms with Crippen molar-refractivity contribution in [2.24, 2.45) is 0 Å². The number of aryl methyl sites for hydroxylation is 1. The molecule has 1 atom stereocenters. The van der Waals surface area contributed by atoms with Crippen molar-refractivity contribution in [3.8, 4) is 0 Å². The van der Waals surface area contributed by atoms with Crippen LogP contribution in [0.4, 0.5) is 5.69 Å². The number of hydrogen-bond acceptors (Lipinski definition) is 3. The Morgan fingerprint density at radius 3 is 2.94 bits per heavy atom. The Hall–Kier alpha value is -1.81. The topological polar surface area (TPSA) is 64.1 Å². The highest BCUT2D eigenvalue weighted by Crippen LogP contribution is 2.22. The number of aliphatic hydroxyl groups is 1. The molecule has 0 aliphatic carbocycles. The van der Waals surface area contributed by atoms with Crippen LogP contribution in [0.2, 0.25) is 0 Å². The van der Waals surface area contributed by atoms with E-state index in [1.54, 1.807) is 23.0 Å². The van der Waals surface area contributed by atoms with Crippen molar-refractivity contribution in [3.05, 3.63) is 47.8 Å². The standard InChI is InChI=1S/C12H15N3O/c1-2-15-11(6-7-14-15)12(16)9-4-3-5-10(13)8-9/h3-8,12,16H,2,13H2,1H3. The first-order chi connectivity index (χ1) is 7.72. The van der Waals surface area contributed by atoms with Crippen molar-refractivity contribution < 1.29 is 5.11 Å². The van der Waals surface area contributed by atoms with Gasteiger partial charge in [0.25, 0.3) is 0 Å². The Morgan fingerprint density at radius 1 is 1.44 bits per heavy atom. The summed E-state index contributed by atoms with van der Waals surface area (Å²) in [6.07, 6.45) is 1.01. The van der Waals surface area contributed by atoms with Crippen molar-refractivity contribution in [2.75, 3.05) is 5.73 Å². The average Bonchev–Trinajstić information content (AvgIpc) is 2.76. The number of aromatic nitrogens is 2.